The number of hydrogen-bond acceptors (Lipinski definition) is 3. The van der Waals surface area contributed by atoms with E-state index in [1.165, 1.54) is 17.9 Å². The number of aliphatic hydroxyl groups is 1. The van der Waals surface area contributed by atoms with Gasteiger partial charge < -0.3 is 10.0 Å². The van der Waals surface area contributed by atoms with Crippen LogP contribution in [0.15, 0.2) is 18.2 Å². The highest BCUT2D eigenvalue weighted by Gasteiger charge is 2.30. The zero-order valence-electron chi connectivity index (χ0n) is 9.31. The van der Waals surface area contributed by atoms with Gasteiger partial charge in [-0.25, -0.2) is 0 Å². The van der Waals surface area contributed by atoms with Crippen molar-refractivity contribution >= 4 is 29.0 Å². The molecule has 2 rings (SSSR count). The number of anilines is 1. The molecule has 1 aliphatic rings. The molecule has 90 valence electrons. The van der Waals surface area contributed by atoms with Gasteiger partial charge in [0.15, 0.2) is 5.78 Å². The number of ketones is 1. The summed E-state index contributed by atoms with van der Waals surface area (Å²) in [6.07, 6.45) is -0.571. The van der Waals surface area contributed by atoms with E-state index in [9.17, 15) is 14.7 Å². The monoisotopic (exact) mass is 253 g/mol. The van der Waals surface area contributed by atoms with Crippen LogP contribution in [0.3, 0.4) is 0 Å². The van der Waals surface area contributed by atoms with Crippen molar-refractivity contribution in [3.05, 3.63) is 28.8 Å². The lowest BCUT2D eigenvalue weighted by Crippen LogP contribution is -2.26. The summed E-state index contributed by atoms with van der Waals surface area (Å²) in [5, 5.41) is 9.89. The number of hydrogen-bond donors (Lipinski definition) is 1. The van der Waals surface area contributed by atoms with Crippen molar-refractivity contribution in [3.8, 4) is 0 Å². The fourth-order valence-corrected chi connectivity index (χ4v) is 2.12. The molecule has 1 amide bonds. The Balaban J connectivity index is 2.45. The van der Waals surface area contributed by atoms with Gasteiger partial charge >= 0.3 is 0 Å². The summed E-state index contributed by atoms with van der Waals surface area (Å²) in [5.74, 6) is -0.334. The van der Waals surface area contributed by atoms with E-state index < -0.39 is 6.10 Å². The molecule has 1 unspecified atom stereocenters. The van der Waals surface area contributed by atoms with E-state index in [0.29, 0.717) is 16.3 Å². The number of nitrogens with zero attached hydrogens (tertiary/aromatic N) is 1. The van der Waals surface area contributed by atoms with Gasteiger partial charge in [-0.05, 0) is 25.1 Å². The lowest BCUT2D eigenvalue weighted by atomic mass is 10.1. The number of halogens is 1. The van der Waals surface area contributed by atoms with Crippen LogP contribution in [-0.4, -0.2) is 29.4 Å². The first-order chi connectivity index (χ1) is 7.99. The highest BCUT2D eigenvalue weighted by molar-refractivity contribution is 6.31. The molecule has 0 saturated carbocycles. The third-order valence-corrected chi connectivity index (χ3v) is 2.97. The average molecular weight is 254 g/mol. The number of amides is 1. The number of benzene rings is 1. The average Bonchev–Trinajstić information content (AvgIpc) is 2.57. The first-order valence-corrected chi connectivity index (χ1v) is 5.65. The smallest absolute Gasteiger partial charge is 0.229 e. The lowest BCUT2D eigenvalue weighted by molar-refractivity contribution is -0.117. The van der Waals surface area contributed by atoms with Crippen molar-refractivity contribution in [1.29, 1.82) is 0 Å². The molecule has 1 fully saturated rings. The van der Waals surface area contributed by atoms with E-state index in [-0.39, 0.29) is 24.7 Å². The van der Waals surface area contributed by atoms with Gasteiger partial charge in [0, 0.05) is 10.6 Å². The molecule has 0 radical (unpaired) electrons. The molecule has 1 aromatic carbocycles. The zero-order chi connectivity index (χ0) is 12.6. The van der Waals surface area contributed by atoms with Crippen molar-refractivity contribution in [1.82, 2.24) is 0 Å². The molecule has 1 aliphatic heterocycles. The van der Waals surface area contributed by atoms with Crippen LogP contribution >= 0.6 is 11.6 Å². The standard InChI is InChI=1S/C12H12ClNO3/c1-7(15)10-4-8(13)2-3-11(10)14-6-9(16)5-12(14)17/h2-4,9,16H,5-6H2,1H3. The molecule has 1 saturated heterocycles. The minimum atomic E-state index is -0.669. The van der Waals surface area contributed by atoms with Crippen molar-refractivity contribution in [3.63, 3.8) is 0 Å². The van der Waals surface area contributed by atoms with Crippen LogP contribution in [-0.2, 0) is 4.79 Å². The molecule has 0 aliphatic carbocycles. The summed E-state index contributed by atoms with van der Waals surface area (Å²) in [6, 6.07) is 4.80. The van der Waals surface area contributed by atoms with Crippen LogP contribution in [0.2, 0.25) is 5.02 Å². The molecule has 5 heteroatoms. The molecule has 1 atom stereocenters. The Labute approximate surface area is 104 Å². The second-order valence-corrected chi connectivity index (χ2v) is 4.52. The van der Waals surface area contributed by atoms with Crippen LogP contribution in [0.4, 0.5) is 5.69 Å². The number of carbonyl (C=O) groups is 2. The Morgan fingerprint density at radius 3 is 2.76 bits per heavy atom. The van der Waals surface area contributed by atoms with Crippen LogP contribution < -0.4 is 4.90 Å². The van der Waals surface area contributed by atoms with Crippen molar-refractivity contribution in [2.75, 3.05) is 11.4 Å². The van der Waals surface area contributed by atoms with Gasteiger partial charge in [0.1, 0.15) is 0 Å². The van der Waals surface area contributed by atoms with Crippen molar-refractivity contribution < 1.29 is 14.7 Å². The maximum absolute atomic E-state index is 11.7. The predicted molar refractivity (Wildman–Crippen MR) is 64.4 cm³/mol. The van der Waals surface area contributed by atoms with Crippen molar-refractivity contribution in [2.24, 2.45) is 0 Å². The Morgan fingerprint density at radius 1 is 1.53 bits per heavy atom. The summed E-state index contributed by atoms with van der Waals surface area (Å²) in [4.78, 5) is 24.6. The van der Waals surface area contributed by atoms with E-state index in [1.807, 2.05) is 0 Å². The SMILES string of the molecule is CC(=O)c1cc(Cl)ccc1N1CC(O)CC1=O. The van der Waals surface area contributed by atoms with Crippen LogP contribution in [0, 0.1) is 0 Å². The molecule has 0 aromatic heterocycles. The maximum atomic E-state index is 11.7. The van der Waals surface area contributed by atoms with E-state index in [0.717, 1.165) is 0 Å². The van der Waals surface area contributed by atoms with E-state index in [1.54, 1.807) is 12.1 Å². The highest BCUT2D eigenvalue weighted by atomic mass is 35.5. The number of aliphatic hydroxyl groups excluding tert-OH is 1. The van der Waals surface area contributed by atoms with Gasteiger partial charge in [0.2, 0.25) is 5.91 Å². The molecular formula is C12H12ClNO3. The minimum Gasteiger partial charge on any atom is -0.391 e. The van der Waals surface area contributed by atoms with E-state index in [2.05, 4.69) is 0 Å². The van der Waals surface area contributed by atoms with Crippen molar-refractivity contribution in [2.45, 2.75) is 19.4 Å². The lowest BCUT2D eigenvalue weighted by Gasteiger charge is -2.18. The fourth-order valence-electron chi connectivity index (χ4n) is 1.95. The highest BCUT2D eigenvalue weighted by Crippen LogP contribution is 2.28. The zero-order valence-corrected chi connectivity index (χ0v) is 10.1. The van der Waals surface area contributed by atoms with Crippen LogP contribution in [0.5, 0.6) is 0 Å². The maximum Gasteiger partial charge on any atom is 0.229 e. The minimum absolute atomic E-state index is 0.0972. The Bertz CT molecular complexity index is 487. The topological polar surface area (TPSA) is 57.6 Å². The molecule has 1 N–H and O–H groups in total. The predicted octanol–water partition coefficient (Wildman–Crippen LogP) is 1.64. The van der Waals surface area contributed by atoms with Gasteiger partial charge in [-0.2, -0.15) is 0 Å². The van der Waals surface area contributed by atoms with Gasteiger partial charge in [0.25, 0.3) is 0 Å². The number of carbonyl (C=O) groups excluding carboxylic acids is 2. The molecule has 17 heavy (non-hydrogen) atoms. The Hall–Kier alpha value is -1.39. The molecule has 4 nitrogen and oxygen atoms in total. The first kappa shape index (κ1) is 12.1. The number of β-amino-alcohol motifs (C(OH)–C–C–N with tert-alkyl or cyclic N) is 1. The summed E-state index contributed by atoms with van der Waals surface area (Å²) in [6.45, 7) is 1.65. The second kappa shape index (κ2) is 4.47. The summed E-state index contributed by atoms with van der Waals surface area (Å²) in [5.41, 5.74) is 0.920. The molecule has 0 bridgehead atoms. The largest absolute Gasteiger partial charge is 0.391 e. The van der Waals surface area contributed by atoms with Crippen LogP contribution in [0.1, 0.15) is 23.7 Å². The molecular weight excluding hydrogens is 242 g/mol. The van der Waals surface area contributed by atoms with Gasteiger partial charge in [-0.3, -0.25) is 9.59 Å². The third-order valence-electron chi connectivity index (χ3n) is 2.73. The van der Waals surface area contributed by atoms with Crippen LogP contribution in [0.25, 0.3) is 0 Å². The number of Topliss-reactive ketones (excluding diaryl/α,β-unsaturated/α-hetero) is 1. The fraction of sp³-hybridized carbons (Fsp3) is 0.333. The quantitative estimate of drug-likeness (QED) is 0.816. The third kappa shape index (κ3) is 2.33. The molecule has 1 aromatic rings. The Morgan fingerprint density at radius 2 is 2.24 bits per heavy atom. The van der Waals surface area contributed by atoms with E-state index in [4.69, 9.17) is 11.6 Å². The van der Waals surface area contributed by atoms with Gasteiger partial charge in [-0.1, -0.05) is 11.6 Å². The molecule has 1 heterocycles. The van der Waals surface area contributed by atoms with Gasteiger partial charge in [0.05, 0.1) is 24.8 Å². The van der Waals surface area contributed by atoms with Gasteiger partial charge in [-0.15, -0.1) is 0 Å². The summed E-state index contributed by atoms with van der Waals surface area (Å²) in [7, 11) is 0. The molecule has 0 spiro atoms. The summed E-state index contributed by atoms with van der Waals surface area (Å²) < 4.78 is 0. The normalized spacial score (nSPS) is 19.8. The number of rotatable bonds is 2. The summed E-state index contributed by atoms with van der Waals surface area (Å²) >= 11 is 5.83. The first-order valence-electron chi connectivity index (χ1n) is 5.28. The Kier molecular flexibility index (Phi) is 3.17. The second-order valence-electron chi connectivity index (χ2n) is 4.08. The van der Waals surface area contributed by atoms with E-state index >= 15 is 0 Å².